The monoisotopic (exact) mass is 445 g/mol. The lowest BCUT2D eigenvalue weighted by atomic mass is 10.1. The summed E-state index contributed by atoms with van der Waals surface area (Å²) >= 11 is 0. The molecule has 3 heterocycles. The minimum Gasteiger partial charge on any atom is -0.392 e. The second kappa shape index (κ2) is 10.4. The third kappa shape index (κ3) is 5.30. The quantitative estimate of drug-likeness (QED) is 0.545. The third-order valence-corrected chi connectivity index (χ3v) is 5.99. The van der Waals surface area contributed by atoms with Gasteiger partial charge in [-0.3, -0.25) is 0 Å². The van der Waals surface area contributed by atoms with E-state index in [0.29, 0.717) is 6.54 Å². The van der Waals surface area contributed by atoms with Crippen molar-refractivity contribution in [2.75, 3.05) is 49.6 Å². The average molecular weight is 446 g/mol. The van der Waals surface area contributed by atoms with Gasteiger partial charge in [0, 0.05) is 81.7 Å². The predicted molar refractivity (Wildman–Crippen MR) is 132 cm³/mol. The molecule has 4 rings (SSSR count). The fraction of sp³-hybridized carbons (Fsp3) is 0.320. The van der Waals surface area contributed by atoms with Gasteiger partial charge in [0.1, 0.15) is 5.82 Å². The molecule has 0 atom stereocenters. The minimum atomic E-state index is -0.00673. The smallest absolute Gasteiger partial charge is 0.225 e. The first-order chi connectivity index (χ1) is 16.1. The maximum atomic E-state index is 9.59. The van der Waals surface area contributed by atoms with Crippen molar-refractivity contribution in [2.45, 2.75) is 13.2 Å². The Kier molecular flexibility index (Phi) is 7.16. The third-order valence-electron chi connectivity index (χ3n) is 5.99. The van der Waals surface area contributed by atoms with E-state index in [1.54, 1.807) is 6.20 Å². The molecule has 1 aliphatic rings. The van der Waals surface area contributed by atoms with Gasteiger partial charge < -0.3 is 25.5 Å². The van der Waals surface area contributed by atoms with Gasteiger partial charge in [-0.05, 0) is 23.3 Å². The maximum Gasteiger partial charge on any atom is 0.225 e. The maximum absolute atomic E-state index is 9.59. The van der Waals surface area contributed by atoms with Crippen LogP contribution >= 0.6 is 0 Å². The molecule has 3 N–H and O–H groups in total. The van der Waals surface area contributed by atoms with Crippen LogP contribution in [0.2, 0.25) is 0 Å². The summed E-state index contributed by atoms with van der Waals surface area (Å²) < 4.78 is 0. The van der Waals surface area contributed by atoms with Gasteiger partial charge in [-0.1, -0.05) is 30.8 Å². The molecule has 2 aromatic heterocycles. The number of anilines is 2. The van der Waals surface area contributed by atoms with E-state index >= 15 is 0 Å². The number of aliphatic hydroxyl groups is 1. The fourth-order valence-corrected chi connectivity index (χ4v) is 3.98. The summed E-state index contributed by atoms with van der Waals surface area (Å²) in [6.07, 6.45) is 5.54. The molecule has 1 aromatic carbocycles. The van der Waals surface area contributed by atoms with E-state index in [-0.39, 0.29) is 6.61 Å². The summed E-state index contributed by atoms with van der Waals surface area (Å²) in [5.41, 5.74) is 10.7. The number of hydrogen-bond acceptors (Lipinski definition) is 8. The highest BCUT2D eigenvalue weighted by Gasteiger charge is 2.21. The van der Waals surface area contributed by atoms with E-state index in [1.165, 1.54) is 5.56 Å². The average Bonchev–Trinajstić information content (AvgIpc) is 2.88. The Hall–Kier alpha value is -3.49. The number of hydrogen-bond donors (Lipinski definition) is 2. The molecular formula is C25H31N7O. The van der Waals surface area contributed by atoms with E-state index in [1.807, 2.05) is 31.6 Å². The molecule has 0 amide bonds. The van der Waals surface area contributed by atoms with Crippen LogP contribution in [0.25, 0.3) is 11.1 Å². The summed E-state index contributed by atoms with van der Waals surface area (Å²) in [5, 5.41) is 9.59. The zero-order valence-electron chi connectivity index (χ0n) is 19.1. The molecule has 8 nitrogen and oxygen atoms in total. The molecule has 3 aromatic rings. The second-order valence-corrected chi connectivity index (χ2v) is 8.22. The first kappa shape index (κ1) is 22.7. The van der Waals surface area contributed by atoms with Gasteiger partial charge in [0.05, 0.1) is 6.61 Å². The lowest BCUT2D eigenvalue weighted by Gasteiger charge is -2.36. The van der Waals surface area contributed by atoms with Crippen LogP contribution < -0.4 is 15.5 Å². The highest BCUT2D eigenvalue weighted by Crippen LogP contribution is 2.23. The number of nitrogens with two attached hydrogens (primary N) is 1. The Bertz CT molecular complexity index is 1080. The van der Waals surface area contributed by atoms with Crippen molar-refractivity contribution in [3.05, 3.63) is 78.4 Å². The number of pyridine rings is 1. The highest BCUT2D eigenvalue weighted by molar-refractivity contribution is 5.63. The molecule has 0 saturated carbocycles. The van der Waals surface area contributed by atoms with Crippen molar-refractivity contribution in [1.82, 2.24) is 19.9 Å². The van der Waals surface area contributed by atoms with Gasteiger partial charge in [0.2, 0.25) is 5.95 Å². The van der Waals surface area contributed by atoms with E-state index in [0.717, 1.165) is 66.9 Å². The minimum absolute atomic E-state index is 0.00673. The number of likely N-dealkylation sites (N-methyl/N-ethyl adjacent to an activating group) is 1. The number of nitrogens with zero attached hydrogens (tertiary/aromatic N) is 6. The van der Waals surface area contributed by atoms with Crippen molar-refractivity contribution in [1.29, 1.82) is 0 Å². The zero-order chi connectivity index (χ0) is 23.2. The van der Waals surface area contributed by atoms with Crippen molar-refractivity contribution in [3.63, 3.8) is 0 Å². The van der Waals surface area contributed by atoms with Crippen molar-refractivity contribution < 1.29 is 5.11 Å². The lowest BCUT2D eigenvalue weighted by Crippen LogP contribution is -2.47. The number of piperazine rings is 1. The van der Waals surface area contributed by atoms with Crippen LogP contribution in [0.15, 0.2) is 67.3 Å². The normalized spacial score (nSPS) is 13.8. The Morgan fingerprint density at radius 1 is 1.03 bits per heavy atom. The fourth-order valence-electron chi connectivity index (χ4n) is 3.98. The Balaban J connectivity index is 1.40. The van der Waals surface area contributed by atoms with Crippen LogP contribution in [0.3, 0.4) is 0 Å². The molecule has 33 heavy (non-hydrogen) atoms. The summed E-state index contributed by atoms with van der Waals surface area (Å²) in [4.78, 5) is 20.2. The van der Waals surface area contributed by atoms with Gasteiger partial charge >= 0.3 is 0 Å². The van der Waals surface area contributed by atoms with E-state index in [4.69, 9.17) is 5.73 Å². The van der Waals surface area contributed by atoms with Gasteiger partial charge in [-0.25, -0.2) is 15.0 Å². The van der Waals surface area contributed by atoms with Crippen molar-refractivity contribution in [3.8, 4) is 11.1 Å². The number of rotatable bonds is 8. The zero-order valence-corrected chi connectivity index (χ0v) is 19.1. The number of benzene rings is 1. The molecule has 0 unspecified atom stereocenters. The molecule has 172 valence electrons. The summed E-state index contributed by atoms with van der Waals surface area (Å²) in [7, 11) is 2.00. The molecule has 1 saturated heterocycles. The lowest BCUT2D eigenvalue weighted by molar-refractivity contribution is 0.281. The van der Waals surface area contributed by atoms with Gasteiger partial charge in [-0.15, -0.1) is 0 Å². The van der Waals surface area contributed by atoms with Crippen LogP contribution in [0.4, 0.5) is 11.8 Å². The number of aromatic nitrogens is 3. The number of aliphatic hydroxyl groups excluding tert-OH is 1. The molecular weight excluding hydrogens is 414 g/mol. The topological polar surface area (TPSA) is 94.6 Å². The van der Waals surface area contributed by atoms with Crippen LogP contribution in [0.1, 0.15) is 11.1 Å². The molecule has 1 aliphatic heterocycles. The predicted octanol–water partition coefficient (Wildman–Crippen LogP) is 2.26. The SMILES string of the molecule is C=C(CN)N(C)Cc1cccc(-c2cnc(N3CCN(c4ncccc4CO)CC3)nc2)c1. The van der Waals surface area contributed by atoms with Gasteiger partial charge in [-0.2, -0.15) is 0 Å². The Morgan fingerprint density at radius 3 is 2.45 bits per heavy atom. The van der Waals surface area contributed by atoms with E-state index in [9.17, 15) is 5.11 Å². The van der Waals surface area contributed by atoms with Crippen LogP contribution in [0, 0.1) is 0 Å². The molecule has 8 heteroatoms. The Labute approximate surface area is 195 Å². The summed E-state index contributed by atoms with van der Waals surface area (Å²) in [6, 6.07) is 12.1. The molecule has 0 spiro atoms. The van der Waals surface area contributed by atoms with Crippen molar-refractivity contribution in [2.24, 2.45) is 5.73 Å². The summed E-state index contributed by atoms with van der Waals surface area (Å²) in [6.45, 7) is 8.39. The molecule has 1 fully saturated rings. The van der Waals surface area contributed by atoms with E-state index in [2.05, 4.69) is 60.5 Å². The van der Waals surface area contributed by atoms with Crippen LogP contribution in [-0.2, 0) is 13.2 Å². The van der Waals surface area contributed by atoms with Gasteiger partial charge in [0.25, 0.3) is 0 Å². The standard InChI is InChI=1S/C25H31N7O/c1-19(14-26)30(2)17-20-5-3-6-21(13-20)23-15-28-25(29-16-23)32-11-9-31(10-12-32)24-22(18-33)7-4-8-27-24/h3-8,13,15-16,33H,1,9-12,14,17-18,26H2,2H3. The van der Waals surface area contributed by atoms with Crippen molar-refractivity contribution >= 4 is 11.8 Å². The van der Waals surface area contributed by atoms with Crippen LogP contribution in [0.5, 0.6) is 0 Å². The summed E-state index contributed by atoms with van der Waals surface area (Å²) in [5.74, 6) is 1.59. The first-order valence-corrected chi connectivity index (χ1v) is 11.1. The molecule has 0 bridgehead atoms. The largest absolute Gasteiger partial charge is 0.392 e. The second-order valence-electron chi connectivity index (χ2n) is 8.22. The first-order valence-electron chi connectivity index (χ1n) is 11.1. The highest BCUT2D eigenvalue weighted by atomic mass is 16.3. The van der Waals surface area contributed by atoms with E-state index < -0.39 is 0 Å². The van der Waals surface area contributed by atoms with Gasteiger partial charge in [0.15, 0.2) is 0 Å². The van der Waals surface area contributed by atoms with Crippen LogP contribution in [-0.4, -0.2) is 64.7 Å². The molecule has 0 radical (unpaired) electrons. The Morgan fingerprint density at radius 2 is 1.76 bits per heavy atom. The molecule has 0 aliphatic carbocycles.